The quantitative estimate of drug-likeness (QED) is 0.832. The van der Waals surface area contributed by atoms with E-state index in [0.29, 0.717) is 24.4 Å². The molecule has 0 unspecified atom stereocenters. The van der Waals surface area contributed by atoms with Crippen molar-refractivity contribution in [2.75, 3.05) is 26.7 Å². The fourth-order valence-corrected chi connectivity index (χ4v) is 4.03. The van der Waals surface area contributed by atoms with Crippen molar-refractivity contribution in [1.29, 1.82) is 0 Å². The molecule has 7 nitrogen and oxygen atoms in total. The topological polar surface area (TPSA) is 79.5 Å². The van der Waals surface area contributed by atoms with Gasteiger partial charge in [-0.2, -0.15) is 0 Å². The summed E-state index contributed by atoms with van der Waals surface area (Å²) in [5.41, 5.74) is 1.58. The lowest BCUT2D eigenvalue weighted by Gasteiger charge is -2.37. The van der Waals surface area contributed by atoms with E-state index >= 15 is 0 Å². The molecule has 0 radical (unpaired) electrons. The molecule has 132 valence electrons. The van der Waals surface area contributed by atoms with Crippen LogP contribution in [0.25, 0.3) is 11.1 Å². The summed E-state index contributed by atoms with van der Waals surface area (Å²) >= 11 is 0. The molecule has 2 fully saturated rings. The maximum Gasteiger partial charge on any atom is 0.257 e. The van der Waals surface area contributed by atoms with Crippen molar-refractivity contribution < 1.29 is 14.1 Å². The largest absolute Gasteiger partial charge is 0.345 e. The molecule has 0 aliphatic carbocycles. The van der Waals surface area contributed by atoms with Gasteiger partial charge in [-0.3, -0.25) is 9.59 Å². The molecular formula is C18H22N4O3. The van der Waals surface area contributed by atoms with Crippen molar-refractivity contribution in [1.82, 2.24) is 19.9 Å². The standard InChI is InChI=1S/C18H22N4O3/c1-3-14-13-10-12(11-19-15(13)25-20-14)16(23)22-8-5-18(6-9-22)4-7-21(2)17(18)24/h10-11H,3-9H2,1-2H3. The van der Waals surface area contributed by atoms with Gasteiger partial charge in [0.15, 0.2) is 0 Å². The van der Waals surface area contributed by atoms with Gasteiger partial charge in [-0.1, -0.05) is 12.1 Å². The summed E-state index contributed by atoms with van der Waals surface area (Å²) in [7, 11) is 1.86. The number of piperidine rings is 1. The lowest BCUT2D eigenvalue weighted by molar-refractivity contribution is -0.137. The van der Waals surface area contributed by atoms with Gasteiger partial charge in [0.1, 0.15) is 0 Å². The van der Waals surface area contributed by atoms with Gasteiger partial charge in [0.25, 0.3) is 11.6 Å². The Kier molecular flexibility index (Phi) is 3.74. The molecule has 2 amide bonds. The molecular weight excluding hydrogens is 320 g/mol. The summed E-state index contributed by atoms with van der Waals surface area (Å²) in [6.45, 7) is 4.04. The van der Waals surface area contributed by atoms with Crippen LogP contribution in [-0.2, 0) is 11.2 Å². The van der Waals surface area contributed by atoms with E-state index in [4.69, 9.17) is 4.52 Å². The van der Waals surface area contributed by atoms with Crippen molar-refractivity contribution in [3.63, 3.8) is 0 Å². The second kappa shape index (κ2) is 5.82. The molecule has 2 aliphatic heterocycles. The number of fused-ring (bicyclic) bond motifs is 1. The molecule has 0 N–H and O–H groups in total. The van der Waals surface area contributed by atoms with Crippen LogP contribution in [0, 0.1) is 5.41 Å². The first-order valence-corrected chi connectivity index (χ1v) is 8.83. The van der Waals surface area contributed by atoms with Crippen LogP contribution in [-0.4, -0.2) is 58.4 Å². The molecule has 2 aromatic heterocycles. The highest BCUT2D eigenvalue weighted by molar-refractivity contribution is 5.97. The maximum absolute atomic E-state index is 12.9. The normalized spacial score (nSPS) is 20.0. The van der Waals surface area contributed by atoms with E-state index < -0.39 is 0 Å². The number of pyridine rings is 1. The van der Waals surface area contributed by atoms with Gasteiger partial charge in [-0.15, -0.1) is 0 Å². The predicted molar refractivity (Wildman–Crippen MR) is 91.0 cm³/mol. The lowest BCUT2D eigenvalue weighted by atomic mass is 9.77. The van der Waals surface area contributed by atoms with Crippen LogP contribution in [0.2, 0.25) is 0 Å². The summed E-state index contributed by atoms with van der Waals surface area (Å²) in [5, 5.41) is 4.79. The molecule has 4 rings (SSSR count). The van der Waals surface area contributed by atoms with E-state index in [2.05, 4.69) is 10.1 Å². The van der Waals surface area contributed by atoms with E-state index in [1.165, 1.54) is 0 Å². The van der Waals surface area contributed by atoms with Crippen LogP contribution in [0.15, 0.2) is 16.8 Å². The average Bonchev–Trinajstić information content (AvgIpc) is 3.18. The summed E-state index contributed by atoms with van der Waals surface area (Å²) in [6.07, 6.45) is 4.66. The number of hydrogen-bond acceptors (Lipinski definition) is 5. The van der Waals surface area contributed by atoms with E-state index in [0.717, 1.165) is 43.3 Å². The second-order valence-corrected chi connectivity index (χ2v) is 7.11. The predicted octanol–water partition coefficient (Wildman–Crippen LogP) is 1.87. The van der Waals surface area contributed by atoms with Crippen LogP contribution in [0.4, 0.5) is 0 Å². The Morgan fingerprint density at radius 3 is 2.64 bits per heavy atom. The fourth-order valence-electron chi connectivity index (χ4n) is 4.03. The van der Waals surface area contributed by atoms with Gasteiger partial charge in [-0.05, 0) is 31.7 Å². The number of aromatic nitrogens is 2. The first-order chi connectivity index (χ1) is 12.0. The van der Waals surface area contributed by atoms with Crippen molar-refractivity contribution in [3.8, 4) is 0 Å². The van der Waals surface area contributed by atoms with Crippen LogP contribution in [0.3, 0.4) is 0 Å². The number of likely N-dealkylation sites (tertiary alicyclic amines) is 2. The van der Waals surface area contributed by atoms with Crippen LogP contribution >= 0.6 is 0 Å². The summed E-state index contributed by atoms with van der Waals surface area (Å²) < 4.78 is 5.18. The highest BCUT2D eigenvalue weighted by Gasteiger charge is 2.47. The van der Waals surface area contributed by atoms with Gasteiger partial charge in [0.2, 0.25) is 5.91 Å². The third-order valence-electron chi connectivity index (χ3n) is 5.72. The van der Waals surface area contributed by atoms with Crippen molar-refractivity contribution >= 4 is 22.9 Å². The molecule has 0 aromatic carbocycles. The maximum atomic E-state index is 12.9. The van der Waals surface area contributed by atoms with Crippen molar-refractivity contribution in [2.24, 2.45) is 5.41 Å². The third-order valence-corrected chi connectivity index (χ3v) is 5.72. The SMILES string of the molecule is CCc1noc2ncc(C(=O)N3CCC4(CCN(C)C4=O)CC3)cc12. The third kappa shape index (κ3) is 2.49. The summed E-state index contributed by atoms with van der Waals surface area (Å²) in [5.74, 6) is 0.200. The number of aryl methyl sites for hydroxylation is 1. The minimum absolute atomic E-state index is 0.0358. The van der Waals surface area contributed by atoms with E-state index in [1.807, 2.05) is 29.8 Å². The molecule has 4 heterocycles. The molecule has 2 aliphatic rings. The van der Waals surface area contributed by atoms with E-state index in [-0.39, 0.29) is 17.2 Å². The Morgan fingerprint density at radius 1 is 1.28 bits per heavy atom. The minimum atomic E-state index is -0.252. The van der Waals surface area contributed by atoms with Gasteiger partial charge >= 0.3 is 0 Å². The number of amides is 2. The monoisotopic (exact) mass is 342 g/mol. The summed E-state index contributed by atoms with van der Waals surface area (Å²) in [6, 6.07) is 1.82. The summed E-state index contributed by atoms with van der Waals surface area (Å²) in [4.78, 5) is 33.1. The fraction of sp³-hybridized carbons (Fsp3) is 0.556. The highest BCUT2D eigenvalue weighted by Crippen LogP contribution is 2.41. The minimum Gasteiger partial charge on any atom is -0.345 e. The molecule has 2 saturated heterocycles. The molecule has 0 bridgehead atoms. The van der Waals surface area contributed by atoms with Crippen LogP contribution in [0.5, 0.6) is 0 Å². The number of hydrogen-bond donors (Lipinski definition) is 0. The van der Waals surface area contributed by atoms with E-state index in [9.17, 15) is 9.59 Å². The van der Waals surface area contributed by atoms with E-state index in [1.54, 1.807) is 6.20 Å². The highest BCUT2D eigenvalue weighted by atomic mass is 16.5. The van der Waals surface area contributed by atoms with Crippen molar-refractivity contribution in [2.45, 2.75) is 32.6 Å². The van der Waals surface area contributed by atoms with Crippen molar-refractivity contribution in [3.05, 3.63) is 23.5 Å². The molecule has 2 aromatic rings. The zero-order valence-electron chi connectivity index (χ0n) is 14.6. The molecule has 0 atom stereocenters. The molecule has 7 heteroatoms. The van der Waals surface area contributed by atoms with Gasteiger partial charge < -0.3 is 14.3 Å². The first-order valence-electron chi connectivity index (χ1n) is 8.83. The van der Waals surface area contributed by atoms with Gasteiger partial charge in [-0.25, -0.2) is 4.98 Å². The number of carbonyl (C=O) groups is 2. The Labute approximate surface area is 146 Å². The van der Waals surface area contributed by atoms with Crippen LogP contribution < -0.4 is 0 Å². The zero-order chi connectivity index (χ0) is 17.6. The molecule has 0 saturated carbocycles. The van der Waals surface area contributed by atoms with Crippen LogP contribution in [0.1, 0.15) is 42.2 Å². The smallest absolute Gasteiger partial charge is 0.257 e. The Morgan fingerprint density at radius 2 is 2.00 bits per heavy atom. The zero-order valence-corrected chi connectivity index (χ0v) is 14.6. The average molecular weight is 342 g/mol. The number of nitrogens with zero attached hydrogens (tertiary/aromatic N) is 4. The Balaban J connectivity index is 1.52. The first kappa shape index (κ1) is 16.1. The van der Waals surface area contributed by atoms with Gasteiger partial charge in [0, 0.05) is 32.9 Å². The second-order valence-electron chi connectivity index (χ2n) is 7.11. The Bertz CT molecular complexity index is 836. The Hall–Kier alpha value is -2.44. The molecule has 1 spiro atoms. The number of carbonyl (C=O) groups excluding carboxylic acids is 2. The number of rotatable bonds is 2. The molecule has 25 heavy (non-hydrogen) atoms. The lowest BCUT2D eigenvalue weighted by Crippen LogP contribution is -2.46. The van der Waals surface area contributed by atoms with Gasteiger partial charge in [0.05, 0.1) is 22.1 Å².